The van der Waals surface area contributed by atoms with E-state index in [1.165, 1.54) is 193 Å². The first kappa shape index (κ1) is 45.1. The third kappa shape index (κ3) is 34.5. The van der Waals surface area contributed by atoms with Crippen LogP contribution in [0.25, 0.3) is 0 Å². The molecule has 0 aliphatic carbocycles. The average molecular weight is 649 g/mol. The van der Waals surface area contributed by atoms with Crippen molar-refractivity contribution in [2.24, 2.45) is 5.73 Å². The molecule has 1 amide bonds. The van der Waals surface area contributed by atoms with Crippen molar-refractivity contribution in [3.63, 3.8) is 0 Å². The highest BCUT2D eigenvalue weighted by molar-refractivity contribution is 5.76. The summed E-state index contributed by atoms with van der Waals surface area (Å²) in [6, 6.07) is -0.393. The zero-order valence-electron chi connectivity index (χ0n) is 31.5. The molecule has 0 saturated carbocycles. The van der Waals surface area contributed by atoms with Crippen LogP contribution in [0.15, 0.2) is 12.2 Å². The zero-order valence-corrected chi connectivity index (χ0v) is 31.5. The highest BCUT2D eigenvalue weighted by Gasteiger charge is 2.17. The minimum absolute atomic E-state index is 0.0195. The number of aliphatic hydroxyl groups excluding tert-OH is 1. The molecule has 4 heteroatoms. The second-order valence-corrected chi connectivity index (χ2v) is 14.5. The first-order valence-corrected chi connectivity index (χ1v) is 21.0. The lowest BCUT2D eigenvalue weighted by molar-refractivity contribution is -0.122. The fourth-order valence-electron chi connectivity index (χ4n) is 6.58. The van der Waals surface area contributed by atoms with Gasteiger partial charge in [0.25, 0.3) is 0 Å². The monoisotopic (exact) mass is 649 g/mol. The predicted molar refractivity (Wildman–Crippen MR) is 204 cm³/mol. The molecule has 0 fully saturated rings. The van der Waals surface area contributed by atoms with Gasteiger partial charge in [-0.2, -0.15) is 0 Å². The molecule has 0 aromatic rings. The first-order chi connectivity index (χ1) is 22.7. The van der Waals surface area contributed by atoms with E-state index in [9.17, 15) is 9.90 Å². The number of rotatable bonds is 38. The molecule has 0 aromatic heterocycles. The molecule has 2 atom stereocenters. The molecule has 0 rings (SSSR count). The van der Waals surface area contributed by atoms with Crippen molar-refractivity contribution < 1.29 is 9.90 Å². The molecule has 0 spiro atoms. The molecule has 0 saturated heterocycles. The van der Waals surface area contributed by atoms with Crippen molar-refractivity contribution in [1.82, 2.24) is 5.32 Å². The van der Waals surface area contributed by atoms with Gasteiger partial charge in [-0.15, -0.1) is 0 Å². The van der Waals surface area contributed by atoms with Crippen LogP contribution in [-0.4, -0.2) is 29.7 Å². The second kappa shape index (κ2) is 38.6. The van der Waals surface area contributed by atoms with E-state index in [4.69, 9.17) is 5.73 Å². The van der Waals surface area contributed by atoms with Gasteiger partial charge in [0.05, 0.1) is 12.1 Å². The summed E-state index contributed by atoms with van der Waals surface area (Å²) >= 11 is 0. The van der Waals surface area contributed by atoms with Crippen LogP contribution < -0.4 is 11.1 Å². The molecule has 0 aliphatic heterocycles. The van der Waals surface area contributed by atoms with E-state index in [2.05, 4.69) is 25.2 Å². The molecule has 274 valence electrons. The van der Waals surface area contributed by atoms with Gasteiger partial charge in [-0.25, -0.2) is 0 Å². The van der Waals surface area contributed by atoms with Crippen LogP contribution in [0.4, 0.5) is 0 Å². The molecule has 0 aliphatic rings. The maximum Gasteiger partial charge on any atom is 0.220 e. The van der Waals surface area contributed by atoms with Gasteiger partial charge in [0.1, 0.15) is 0 Å². The molecule has 0 unspecified atom stereocenters. The van der Waals surface area contributed by atoms with Gasteiger partial charge in [-0.3, -0.25) is 4.79 Å². The van der Waals surface area contributed by atoms with Gasteiger partial charge >= 0.3 is 0 Å². The van der Waals surface area contributed by atoms with Gasteiger partial charge in [0, 0.05) is 13.0 Å². The summed E-state index contributed by atoms with van der Waals surface area (Å²) in [4.78, 5) is 12.4. The Balaban J connectivity index is 3.51. The lowest BCUT2D eigenvalue weighted by atomic mass is 10.0. The van der Waals surface area contributed by atoms with Gasteiger partial charge in [-0.1, -0.05) is 219 Å². The van der Waals surface area contributed by atoms with E-state index in [0.717, 1.165) is 19.3 Å². The molecular weight excluding hydrogens is 564 g/mol. The highest BCUT2D eigenvalue weighted by Crippen LogP contribution is 2.16. The molecule has 0 aromatic carbocycles. The predicted octanol–water partition coefficient (Wildman–Crippen LogP) is 12.7. The summed E-state index contributed by atoms with van der Waals surface area (Å²) in [6.07, 6.45) is 48.2. The smallest absolute Gasteiger partial charge is 0.220 e. The number of carbonyl (C=O) groups is 1. The standard InChI is InChI=1S/C42H84N2O2/c1-3-5-7-9-11-13-15-17-18-19-20-21-22-23-24-26-28-30-32-34-36-38-42(46)44-40(39-43)41(45)37-35-33-31-29-27-25-16-14-12-10-8-6-4-2/h35,37,40-41,45H,3-34,36,38-39,43H2,1-2H3,(H,44,46)/b37-35+/t40-,41+/m0/s1. The number of hydrogen-bond donors (Lipinski definition) is 3. The Kier molecular flexibility index (Phi) is 37.8. The normalized spacial score (nSPS) is 13.0. The van der Waals surface area contributed by atoms with Crippen molar-refractivity contribution in [2.45, 2.75) is 244 Å². The lowest BCUT2D eigenvalue weighted by Crippen LogP contribution is -2.47. The topological polar surface area (TPSA) is 75.3 Å². The van der Waals surface area contributed by atoms with Gasteiger partial charge in [-0.05, 0) is 19.3 Å². The fraction of sp³-hybridized carbons (Fsp3) is 0.929. The summed E-state index contributed by atoms with van der Waals surface area (Å²) in [5.74, 6) is 0.0195. The third-order valence-corrected chi connectivity index (χ3v) is 9.83. The number of hydrogen-bond acceptors (Lipinski definition) is 3. The minimum Gasteiger partial charge on any atom is -0.387 e. The van der Waals surface area contributed by atoms with Crippen LogP contribution in [0.3, 0.4) is 0 Å². The van der Waals surface area contributed by atoms with Crippen molar-refractivity contribution in [3.8, 4) is 0 Å². The molecule has 4 nitrogen and oxygen atoms in total. The Labute approximate surface area is 289 Å². The maximum atomic E-state index is 12.4. The molecule has 0 heterocycles. The molecule has 0 bridgehead atoms. The minimum atomic E-state index is -0.707. The van der Waals surface area contributed by atoms with Crippen LogP contribution in [0.2, 0.25) is 0 Å². The number of nitrogens with one attached hydrogen (secondary N) is 1. The summed E-state index contributed by atoms with van der Waals surface area (Å²) in [7, 11) is 0. The fourth-order valence-corrected chi connectivity index (χ4v) is 6.58. The number of allylic oxidation sites excluding steroid dienone is 1. The van der Waals surface area contributed by atoms with E-state index in [0.29, 0.717) is 6.42 Å². The Hall–Kier alpha value is -0.870. The molecule has 46 heavy (non-hydrogen) atoms. The number of nitrogens with two attached hydrogens (primary N) is 1. The summed E-state index contributed by atoms with van der Waals surface area (Å²) in [6.45, 7) is 4.82. The largest absolute Gasteiger partial charge is 0.387 e. The van der Waals surface area contributed by atoms with Crippen molar-refractivity contribution in [2.75, 3.05) is 6.54 Å². The number of carbonyl (C=O) groups excluding carboxylic acids is 1. The Morgan fingerprint density at radius 1 is 0.522 bits per heavy atom. The van der Waals surface area contributed by atoms with Crippen LogP contribution in [0.5, 0.6) is 0 Å². The van der Waals surface area contributed by atoms with E-state index < -0.39 is 12.1 Å². The van der Waals surface area contributed by atoms with E-state index in [-0.39, 0.29) is 12.5 Å². The van der Waals surface area contributed by atoms with Crippen molar-refractivity contribution >= 4 is 5.91 Å². The van der Waals surface area contributed by atoms with E-state index >= 15 is 0 Å². The van der Waals surface area contributed by atoms with Gasteiger partial charge < -0.3 is 16.2 Å². The number of unbranched alkanes of at least 4 members (excludes halogenated alkanes) is 31. The summed E-state index contributed by atoms with van der Waals surface area (Å²) < 4.78 is 0. The van der Waals surface area contributed by atoms with Crippen LogP contribution in [0.1, 0.15) is 232 Å². The van der Waals surface area contributed by atoms with E-state index in [1.807, 2.05) is 6.08 Å². The second-order valence-electron chi connectivity index (χ2n) is 14.5. The maximum absolute atomic E-state index is 12.4. The molecule has 4 N–H and O–H groups in total. The molecular formula is C42H84N2O2. The summed E-state index contributed by atoms with van der Waals surface area (Å²) in [5, 5.41) is 13.5. The lowest BCUT2D eigenvalue weighted by Gasteiger charge is -2.20. The Morgan fingerprint density at radius 3 is 1.15 bits per heavy atom. The van der Waals surface area contributed by atoms with Crippen molar-refractivity contribution in [1.29, 1.82) is 0 Å². The average Bonchev–Trinajstić information content (AvgIpc) is 3.06. The Bertz CT molecular complexity index is 623. The highest BCUT2D eigenvalue weighted by atomic mass is 16.3. The van der Waals surface area contributed by atoms with Crippen molar-refractivity contribution in [3.05, 3.63) is 12.2 Å². The summed E-state index contributed by atoms with van der Waals surface area (Å²) in [5.41, 5.74) is 5.87. The third-order valence-electron chi connectivity index (χ3n) is 9.83. The van der Waals surface area contributed by atoms with Crippen LogP contribution in [0, 0.1) is 0 Å². The number of aliphatic hydroxyl groups is 1. The quantitative estimate of drug-likeness (QED) is 0.0460. The zero-order chi connectivity index (χ0) is 33.6. The number of amides is 1. The van der Waals surface area contributed by atoms with E-state index in [1.54, 1.807) is 0 Å². The van der Waals surface area contributed by atoms with Crippen LogP contribution >= 0.6 is 0 Å². The first-order valence-electron chi connectivity index (χ1n) is 21.0. The van der Waals surface area contributed by atoms with Gasteiger partial charge in [0.15, 0.2) is 0 Å². The molecule has 0 radical (unpaired) electrons. The SMILES string of the molecule is CCCCCCCCCCCCC/C=C/[C@@H](O)[C@H](CN)NC(=O)CCCCCCCCCCCCCCCCCCCCCCC. The van der Waals surface area contributed by atoms with Crippen LogP contribution in [-0.2, 0) is 4.79 Å². The Morgan fingerprint density at radius 2 is 0.826 bits per heavy atom. The van der Waals surface area contributed by atoms with Gasteiger partial charge in [0.2, 0.25) is 5.91 Å².